The quantitative estimate of drug-likeness (QED) is 0.866. The molecular formula is C14H18FNO. The molecule has 2 rings (SSSR count). The van der Waals surface area contributed by atoms with Gasteiger partial charge in [0.1, 0.15) is 5.82 Å². The van der Waals surface area contributed by atoms with E-state index in [0.29, 0.717) is 6.42 Å². The summed E-state index contributed by atoms with van der Waals surface area (Å²) >= 11 is 0. The Morgan fingerprint density at radius 2 is 2.24 bits per heavy atom. The Labute approximate surface area is 101 Å². The van der Waals surface area contributed by atoms with Gasteiger partial charge in [0.15, 0.2) is 0 Å². The van der Waals surface area contributed by atoms with Gasteiger partial charge in [0.2, 0.25) is 0 Å². The van der Waals surface area contributed by atoms with Crippen LogP contribution in [-0.4, -0.2) is 19.7 Å². The van der Waals surface area contributed by atoms with Crippen molar-refractivity contribution in [3.63, 3.8) is 0 Å². The molecule has 0 radical (unpaired) electrons. The van der Waals surface area contributed by atoms with Crippen LogP contribution >= 0.6 is 0 Å². The van der Waals surface area contributed by atoms with Gasteiger partial charge in [0.05, 0.1) is 12.9 Å². The molecule has 1 aliphatic rings. The molecule has 92 valence electrons. The average Bonchev–Trinajstić information content (AvgIpc) is 2.39. The lowest BCUT2D eigenvalue weighted by atomic mass is 9.95. The SMILES string of the molecule is CNC(Cc1ccccc1F)C1=COCCC1. The van der Waals surface area contributed by atoms with Crippen LogP contribution in [0.2, 0.25) is 0 Å². The number of rotatable bonds is 4. The van der Waals surface area contributed by atoms with E-state index in [-0.39, 0.29) is 11.9 Å². The van der Waals surface area contributed by atoms with Crippen LogP contribution in [0, 0.1) is 5.82 Å². The Morgan fingerprint density at radius 3 is 2.88 bits per heavy atom. The van der Waals surface area contributed by atoms with Gasteiger partial charge in [-0.05, 0) is 43.5 Å². The summed E-state index contributed by atoms with van der Waals surface area (Å²) in [5.41, 5.74) is 1.97. The van der Waals surface area contributed by atoms with Crippen LogP contribution in [0.4, 0.5) is 4.39 Å². The maximum absolute atomic E-state index is 13.6. The Morgan fingerprint density at radius 1 is 1.41 bits per heavy atom. The zero-order chi connectivity index (χ0) is 12.1. The molecule has 1 aliphatic heterocycles. The number of benzene rings is 1. The van der Waals surface area contributed by atoms with Gasteiger partial charge in [-0.15, -0.1) is 0 Å². The molecule has 1 unspecified atom stereocenters. The number of nitrogens with one attached hydrogen (secondary N) is 1. The van der Waals surface area contributed by atoms with E-state index in [0.717, 1.165) is 25.0 Å². The van der Waals surface area contributed by atoms with Gasteiger partial charge in [-0.3, -0.25) is 0 Å². The molecule has 3 heteroatoms. The van der Waals surface area contributed by atoms with Gasteiger partial charge in [-0.25, -0.2) is 4.39 Å². The van der Waals surface area contributed by atoms with Gasteiger partial charge in [-0.2, -0.15) is 0 Å². The second kappa shape index (κ2) is 5.82. The summed E-state index contributed by atoms with van der Waals surface area (Å²) in [5.74, 6) is -0.134. The molecule has 1 heterocycles. The maximum atomic E-state index is 13.6. The molecule has 0 spiro atoms. The predicted octanol–water partition coefficient (Wildman–Crippen LogP) is 2.65. The summed E-state index contributed by atoms with van der Waals surface area (Å²) in [7, 11) is 1.90. The summed E-state index contributed by atoms with van der Waals surface area (Å²) in [6.07, 6.45) is 4.56. The molecule has 2 nitrogen and oxygen atoms in total. The van der Waals surface area contributed by atoms with E-state index in [2.05, 4.69) is 5.32 Å². The summed E-state index contributed by atoms with van der Waals surface area (Å²) in [4.78, 5) is 0. The van der Waals surface area contributed by atoms with E-state index in [1.54, 1.807) is 6.07 Å². The lowest BCUT2D eigenvalue weighted by molar-refractivity contribution is 0.219. The highest BCUT2D eigenvalue weighted by Crippen LogP contribution is 2.19. The van der Waals surface area contributed by atoms with E-state index >= 15 is 0 Å². The highest BCUT2D eigenvalue weighted by molar-refractivity contribution is 5.22. The van der Waals surface area contributed by atoms with Gasteiger partial charge in [0.25, 0.3) is 0 Å². The summed E-state index contributed by atoms with van der Waals surface area (Å²) in [6, 6.07) is 7.09. The van der Waals surface area contributed by atoms with Gasteiger partial charge < -0.3 is 10.1 Å². The highest BCUT2D eigenvalue weighted by Gasteiger charge is 2.17. The number of likely N-dealkylation sites (N-methyl/N-ethyl adjacent to an activating group) is 1. The third kappa shape index (κ3) is 3.07. The number of hydrogen-bond donors (Lipinski definition) is 1. The standard InChI is InChI=1S/C14H18FNO/c1-16-14(12-6-4-8-17-10-12)9-11-5-2-3-7-13(11)15/h2-3,5,7,10,14,16H,4,6,8-9H2,1H3. The summed E-state index contributed by atoms with van der Waals surface area (Å²) in [6.45, 7) is 0.791. The van der Waals surface area contributed by atoms with Crippen molar-refractivity contribution >= 4 is 0 Å². The Kier molecular flexibility index (Phi) is 4.15. The highest BCUT2D eigenvalue weighted by atomic mass is 19.1. The molecule has 0 fully saturated rings. The van der Waals surface area contributed by atoms with Crippen molar-refractivity contribution in [3.05, 3.63) is 47.5 Å². The fourth-order valence-corrected chi connectivity index (χ4v) is 2.14. The molecule has 0 saturated carbocycles. The fraction of sp³-hybridized carbons (Fsp3) is 0.429. The van der Waals surface area contributed by atoms with Crippen molar-refractivity contribution in [3.8, 4) is 0 Å². The molecule has 1 atom stereocenters. The van der Waals surface area contributed by atoms with Crippen LogP contribution < -0.4 is 5.32 Å². The molecule has 17 heavy (non-hydrogen) atoms. The smallest absolute Gasteiger partial charge is 0.126 e. The van der Waals surface area contributed by atoms with Crippen molar-refractivity contribution in [1.29, 1.82) is 0 Å². The molecule has 1 aromatic rings. The zero-order valence-electron chi connectivity index (χ0n) is 10.1. The van der Waals surface area contributed by atoms with Crippen LogP contribution in [0.3, 0.4) is 0 Å². The van der Waals surface area contributed by atoms with Crippen molar-refractivity contribution < 1.29 is 9.13 Å². The number of halogens is 1. The minimum absolute atomic E-state index is 0.134. The van der Waals surface area contributed by atoms with Gasteiger partial charge in [0, 0.05) is 6.04 Å². The minimum atomic E-state index is -0.134. The lowest BCUT2D eigenvalue weighted by Gasteiger charge is -2.23. The van der Waals surface area contributed by atoms with Crippen molar-refractivity contribution in [2.24, 2.45) is 0 Å². The van der Waals surface area contributed by atoms with Crippen LogP contribution in [0.1, 0.15) is 18.4 Å². The third-order valence-corrected chi connectivity index (χ3v) is 3.14. The van der Waals surface area contributed by atoms with E-state index in [1.165, 1.54) is 11.6 Å². The first-order chi connectivity index (χ1) is 8.31. The van der Waals surface area contributed by atoms with Gasteiger partial charge in [-0.1, -0.05) is 18.2 Å². The molecular weight excluding hydrogens is 217 g/mol. The molecule has 0 bridgehead atoms. The number of hydrogen-bond acceptors (Lipinski definition) is 2. The molecule has 0 amide bonds. The predicted molar refractivity (Wildman–Crippen MR) is 66.2 cm³/mol. The monoisotopic (exact) mass is 235 g/mol. The second-order valence-corrected chi connectivity index (χ2v) is 4.30. The van der Waals surface area contributed by atoms with E-state index in [4.69, 9.17) is 4.74 Å². The normalized spacial score (nSPS) is 17.2. The minimum Gasteiger partial charge on any atom is -0.501 e. The van der Waals surface area contributed by atoms with Crippen LogP contribution in [0.5, 0.6) is 0 Å². The Bertz CT molecular complexity index is 403. The number of ether oxygens (including phenoxy) is 1. The first kappa shape index (κ1) is 12.1. The lowest BCUT2D eigenvalue weighted by Crippen LogP contribution is -2.31. The fourth-order valence-electron chi connectivity index (χ4n) is 2.14. The first-order valence-electron chi connectivity index (χ1n) is 6.02. The van der Waals surface area contributed by atoms with Crippen molar-refractivity contribution in [1.82, 2.24) is 5.32 Å². The molecule has 0 saturated heterocycles. The molecule has 0 aromatic heterocycles. The topological polar surface area (TPSA) is 21.3 Å². The summed E-state index contributed by atoms with van der Waals surface area (Å²) in [5, 5.41) is 3.23. The van der Waals surface area contributed by atoms with Crippen LogP contribution in [-0.2, 0) is 11.2 Å². The third-order valence-electron chi connectivity index (χ3n) is 3.14. The van der Waals surface area contributed by atoms with E-state index in [9.17, 15) is 4.39 Å². The average molecular weight is 235 g/mol. The molecule has 1 aromatic carbocycles. The van der Waals surface area contributed by atoms with E-state index in [1.807, 2.05) is 25.4 Å². The Hall–Kier alpha value is -1.35. The van der Waals surface area contributed by atoms with E-state index < -0.39 is 0 Å². The first-order valence-corrected chi connectivity index (χ1v) is 6.02. The van der Waals surface area contributed by atoms with Crippen LogP contribution in [0.25, 0.3) is 0 Å². The largest absolute Gasteiger partial charge is 0.501 e. The second-order valence-electron chi connectivity index (χ2n) is 4.30. The van der Waals surface area contributed by atoms with Crippen molar-refractivity contribution in [2.45, 2.75) is 25.3 Å². The maximum Gasteiger partial charge on any atom is 0.126 e. The van der Waals surface area contributed by atoms with Crippen LogP contribution in [0.15, 0.2) is 36.1 Å². The Balaban J connectivity index is 2.09. The molecule has 1 N–H and O–H groups in total. The molecule has 0 aliphatic carbocycles. The van der Waals surface area contributed by atoms with Crippen molar-refractivity contribution in [2.75, 3.05) is 13.7 Å². The zero-order valence-corrected chi connectivity index (χ0v) is 10.1. The summed E-state index contributed by atoms with van der Waals surface area (Å²) < 4.78 is 18.9. The van der Waals surface area contributed by atoms with Gasteiger partial charge >= 0.3 is 0 Å².